The zero-order chi connectivity index (χ0) is 27.2. The lowest BCUT2D eigenvalue weighted by Crippen LogP contribution is -1.99. The van der Waals surface area contributed by atoms with Crippen LogP contribution in [0.3, 0.4) is 0 Å². The quantitative estimate of drug-likeness (QED) is 0.220. The lowest BCUT2D eigenvalue weighted by atomic mass is 10.1. The third-order valence-electron chi connectivity index (χ3n) is 8.76. The molecular formula is C38H26N2O. The number of hydrogen-bond donors (Lipinski definition) is 0. The molecule has 0 N–H and O–H groups in total. The molecule has 0 spiro atoms. The number of nitrogens with zero attached hydrogens (tertiary/aromatic N) is 2. The van der Waals surface area contributed by atoms with Crippen LogP contribution in [-0.4, -0.2) is 9.13 Å². The van der Waals surface area contributed by atoms with Crippen molar-refractivity contribution in [2.24, 2.45) is 0 Å². The van der Waals surface area contributed by atoms with E-state index in [1.807, 2.05) is 0 Å². The zero-order valence-corrected chi connectivity index (χ0v) is 22.8. The molecule has 0 unspecified atom stereocenters. The first-order valence-electron chi connectivity index (χ1n) is 14.1. The van der Waals surface area contributed by atoms with Gasteiger partial charge in [-0.05, 0) is 73.5 Å². The molecule has 41 heavy (non-hydrogen) atoms. The Morgan fingerprint density at radius 2 is 1.07 bits per heavy atom. The summed E-state index contributed by atoms with van der Waals surface area (Å²) in [5.74, 6) is 0. The van der Waals surface area contributed by atoms with Crippen molar-refractivity contribution < 1.29 is 4.42 Å². The van der Waals surface area contributed by atoms with Crippen LogP contribution >= 0.6 is 0 Å². The van der Waals surface area contributed by atoms with E-state index >= 15 is 0 Å². The van der Waals surface area contributed by atoms with Gasteiger partial charge in [0.2, 0.25) is 0 Å². The molecule has 0 aliphatic heterocycles. The van der Waals surface area contributed by atoms with Crippen LogP contribution in [0.4, 0.5) is 0 Å². The van der Waals surface area contributed by atoms with Gasteiger partial charge in [0, 0.05) is 32.6 Å². The topological polar surface area (TPSA) is 23.0 Å². The third-order valence-corrected chi connectivity index (χ3v) is 8.76. The number of hydrogen-bond acceptors (Lipinski definition) is 1. The molecule has 3 nitrogen and oxygen atoms in total. The number of para-hydroxylation sites is 4. The van der Waals surface area contributed by atoms with Crippen molar-refractivity contribution in [1.29, 1.82) is 0 Å². The van der Waals surface area contributed by atoms with E-state index in [0.717, 1.165) is 38.5 Å². The Kier molecular flexibility index (Phi) is 4.46. The van der Waals surface area contributed by atoms with E-state index in [4.69, 9.17) is 4.42 Å². The summed E-state index contributed by atoms with van der Waals surface area (Å²) in [4.78, 5) is 0. The predicted octanol–water partition coefficient (Wildman–Crippen LogP) is 10.4. The highest BCUT2D eigenvalue weighted by Crippen LogP contribution is 2.42. The molecule has 0 saturated carbocycles. The van der Waals surface area contributed by atoms with Crippen LogP contribution in [0, 0.1) is 13.8 Å². The molecule has 0 aliphatic carbocycles. The second kappa shape index (κ2) is 8.12. The largest absolute Gasteiger partial charge is 0.455 e. The van der Waals surface area contributed by atoms with Gasteiger partial charge in [0.15, 0.2) is 0 Å². The summed E-state index contributed by atoms with van der Waals surface area (Å²) in [6, 6.07) is 43.6. The van der Waals surface area contributed by atoms with Crippen LogP contribution in [0.2, 0.25) is 0 Å². The van der Waals surface area contributed by atoms with Gasteiger partial charge in [-0.15, -0.1) is 0 Å². The van der Waals surface area contributed by atoms with Crippen molar-refractivity contribution in [1.82, 2.24) is 9.13 Å². The lowest BCUT2D eigenvalue weighted by molar-refractivity contribution is 0.673. The Labute approximate surface area is 236 Å². The lowest BCUT2D eigenvalue weighted by Gasteiger charge is -2.14. The van der Waals surface area contributed by atoms with Gasteiger partial charge >= 0.3 is 0 Å². The highest BCUT2D eigenvalue weighted by atomic mass is 16.3. The molecule has 6 aromatic carbocycles. The average molecular weight is 527 g/mol. The van der Waals surface area contributed by atoms with Crippen molar-refractivity contribution in [2.75, 3.05) is 0 Å². The molecule has 0 atom stereocenters. The van der Waals surface area contributed by atoms with Crippen molar-refractivity contribution in [3.05, 3.63) is 132 Å². The molecule has 9 aromatic rings. The fourth-order valence-electron chi connectivity index (χ4n) is 7.01. The van der Waals surface area contributed by atoms with Crippen LogP contribution in [0.5, 0.6) is 0 Å². The minimum absolute atomic E-state index is 0.904. The van der Waals surface area contributed by atoms with Crippen LogP contribution in [0.15, 0.2) is 126 Å². The fraction of sp³-hybridized carbons (Fsp3) is 0.0526. The minimum atomic E-state index is 0.904. The Morgan fingerprint density at radius 1 is 0.463 bits per heavy atom. The molecule has 0 aliphatic rings. The van der Waals surface area contributed by atoms with Crippen LogP contribution in [-0.2, 0) is 0 Å². The summed E-state index contributed by atoms with van der Waals surface area (Å²) in [7, 11) is 0. The van der Waals surface area contributed by atoms with Crippen molar-refractivity contribution in [3.8, 4) is 11.4 Å². The zero-order valence-electron chi connectivity index (χ0n) is 22.8. The monoisotopic (exact) mass is 526 g/mol. The number of fused-ring (bicyclic) bond motifs is 10. The Hall–Kier alpha value is -5.28. The first-order valence-corrected chi connectivity index (χ1v) is 14.1. The summed E-state index contributed by atoms with van der Waals surface area (Å²) < 4.78 is 11.5. The fourth-order valence-corrected chi connectivity index (χ4v) is 7.01. The smallest absolute Gasteiger partial charge is 0.145 e. The van der Waals surface area contributed by atoms with Gasteiger partial charge in [0.05, 0.1) is 33.1 Å². The normalized spacial score (nSPS) is 12.1. The molecule has 0 fully saturated rings. The first-order chi connectivity index (χ1) is 20.2. The van der Waals surface area contributed by atoms with E-state index in [1.165, 1.54) is 49.5 Å². The first kappa shape index (κ1) is 22.5. The van der Waals surface area contributed by atoms with Crippen molar-refractivity contribution in [2.45, 2.75) is 13.8 Å². The summed E-state index contributed by atoms with van der Waals surface area (Å²) in [6.45, 7) is 4.39. The Bertz CT molecular complexity index is 2430. The maximum Gasteiger partial charge on any atom is 0.145 e. The number of aryl methyl sites for hydroxylation is 2. The molecule has 0 amide bonds. The maximum atomic E-state index is 6.71. The summed E-state index contributed by atoms with van der Waals surface area (Å²) in [6.07, 6.45) is 0. The van der Waals surface area contributed by atoms with Crippen LogP contribution in [0.25, 0.3) is 76.9 Å². The van der Waals surface area contributed by atoms with E-state index < -0.39 is 0 Å². The van der Waals surface area contributed by atoms with Crippen molar-refractivity contribution >= 4 is 65.6 Å². The highest BCUT2D eigenvalue weighted by molar-refractivity contribution is 6.24. The van der Waals surface area contributed by atoms with Crippen molar-refractivity contribution in [3.63, 3.8) is 0 Å². The molecule has 9 rings (SSSR count). The Balaban J connectivity index is 1.37. The van der Waals surface area contributed by atoms with E-state index in [0.29, 0.717) is 0 Å². The summed E-state index contributed by atoms with van der Waals surface area (Å²) in [5, 5.41) is 7.17. The van der Waals surface area contributed by atoms with Crippen LogP contribution < -0.4 is 0 Å². The molecule has 0 radical (unpaired) electrons. The van der Waals surface area contributed by atoms with E-state index in [-0.39, 0.29) is 0 Å². The second-order valence-electron chi connectivity index (χ2n) is 11.1. The standard InChI is InChI=1S/C38H26N2O/c1-23-10-9-11-24(2)37(23)40-33-17-8-5-14-29(33)36-34(40)20-19-28-30-22-25(18-21-35(30)41-38(28)36)39-31-15-6-3-12-26(31)27-13-4-7-16-32(27)39/h3-22H,1-2H3. The molecule has 194 valence electrons. The molecule has 3 heteroatoms. The SMILES string of the molecule is Cc1cccc(C)c1-n1c2ccccc2c2c3oc4ccc(-n5c6ccccc6c6ccccc65)cc4c3ccc21. The van der Waals surface area contributed by atoms with Gasteiger partial charge in [0.25, 0.3) is 0 Å². The highest BCUT2D eigenvalue weighted by Gasteiger charge is 2.21. The van der Waals surface area contributed by atoms with Crippen LogP contribution in [0.1, 0.15) is 11.1 Å². The molecule has 3 aromatic heterocycles. The number of aromatic nitrogens is 2. The van der Waals surface area contributed by atoms with Gasteiger partial charge in [-0.25, -0.2) is 0 Å². The predicted molar refractivity (Wildman–Crippen MR) is 172 cm³/mol. The van der Waals surface area contributed by atoms with Gasteiger partial charge in [-0.3, -0.25) is 0 Å². The number of furan rings is 1. The van der Waals surface area contributed by atoms with E-state index in [2.05, 4.69) is 144 Å². The van der Waals surface area contributed by atoms with E-state index in [1.54, 1.807) is 0 Å². The third kappa shape index (κ3) is 2.98. The van der Waals surface area contributed by atoms with E-state index in [9.17, 15) is 0 Å². The number of rotatable bonds is 2. The maximum absolute atomic E-state index is 6.71. The van der Waals surface area contributed by atoms with Gasteiger partial charge in [-0.1, -0.05) is 72.8 Å². The average Bonchev–Trinajstić information content (AvgIpc) is 3.65. The van der Waals surface area contributed by atoms with Gasteiger partial charge in [0.1, 0.15) is 11.2 Å². The number of benzene rings is 6. The summed E-state index contributed by atoms with van der Waals surface area (Å²) >= 11 is 0. The summed E-state index contributed by atoms with van der Waals surface area (Å²) in [5.41, 5.74) is 11.5. The Morgan fingerprint density at radius 3 is 1.76 bits per heavy atom. The van der Waals surface area contributed by atoms with Gasteiger partial charge in [-0.2, -0.15) is 0 Å². The minimum Gasteiger partial charge on any atom is -0.455 e. The molecule has 0 bridgehead atoms. The molecule has 3 heterocycles. The van der Waals surface area contributed by atoms with Gasteiger partial charge < -0.3 is 13.6 Å². The molecular weight excluding hydrogens is 500 g/mol. The molecule has 0 saturated heterocycles. The second-order valence-corrected chi connectivity index (χ2v) is 11.1.